The molecule has 1 aliphatic rings. The highest BCUT2D eigenvalue weighted by atomic mass is 16.3. The molecule has 1 aromatic heterocycles. The van der Waals surface area contributed by atoms with Gasteiger partial charge in [0.15, 0.2) is 5.82 Å². The van der Waals surface area contributed by atoms with Crippen LogP contribution in [-0.2, 0) is 0 Å². The number of nitrogens with zero attached hydrogens (tertiary/aromatic N) is 2. The normalized spacial score (nSPS) is 23.8. The third-order valence-corrected chi connectivity index (χ3v) is 5.05. The topological polar surface area (TPSA) is 107 Å². The zero-order valence-corrected chi connectivity index (χ0v) is 14.2. The van der Waals surface area contributed by atoms with Crippen LogP contribution in [-0.4, -0.2) is 56.8 Å². The molecule has 0 saturated carbocycles. The summed E-state index contributed by atoms with van der Waals surface area (Å²) in [5.74, 6) is -0.396. The van der Waals surface area contributed by atoms with E-state index < -0.39 is 11.5 Å². The number of rotatable bonds is 4. The monoisotopic (exact) mass is 345 g/mol. The molecule has 1 fully saturated rings. The summed E-state index contributed by atoms with van der Waals surface area (Å²) in [6, 6.07) is 6.85. The zero-order chi connectivity index (χ0) is 18.0. The summed E-state index contributed by atoms with van der Waals surface area (Å²) in [4.78, 5) is 33.4. The van der Waals surface area contributed by atoms with E-state index in [1.165, 1.54) is 0 Å². The first-order valence-corrected chi connectivity index (χ1v) is 8.58. The molecule has 0 bridgehead atoms. The number of aliphatic hydroxyl groups excluding tert-OH is 2. The van der Waals surface area contributed by atoms with Crippen LogP contribution in [0, 0.1) is 5.41 Å². The lowest BCUT2D eigenvalue weighted by Gasteiger charge is -2.45. The van der Waals surface area contributed by atoms with Gasteiger partial charge in [0.05, 0.1) is 23.6 Å². The average Bonchev–Trinajstić information content (AvgIpc) is 2.63. The van der Waals surface area contributed by atoms with Gasteiger partial charge in [0.1, 0.15) is 0 Å². The number of aliphatic hydroxyl groups is 2. The molecule has 2 atom stereocenters. The fraction of sp³-hybridized carbons (Fsp3) is 0.500. The molecule has 0 aliphatic carbocycles. The van der Waals surface area contributed by atoms with Crippen molar-refractivity contribution in [3.8, 4) is 0 Å². The van der Waals surface area contributed by atoms with Crippen LogP contribution in [0.4, 0.5) is 0 Å². The van der Waals surface area contributed by atoms with Gasteiger partial charge in [0.2, 0.25) is 0 Å². The average molecular weight is 345 g/mol. The van der Waals surface area contributed by atoms with E-state index in [1.807, 2.05) is 6.92 Å². The highest BCUT2D eigenvalue weighted by Crippen LogP contribution is 2.35. The number of H-pyrrole nitrogens is 1. The molecule has 1 aromatic carbocycles. The summed E-state index contributed by atoms with van der Waals surface area (Å²) in [6.07, 6.45) is 1.16. The van der Waals surface area contributed by atoms with Crippen LogP contribution in [0.15, 0.2) is 29.1 Å². The Morgan fingerprint density at radius 1 is 1.44 bits per heavy atom. The van der Waals surface area contributed by atoms with E-state index in [-0.39, 0.29) is 30.4 Å². The quantitative estimate of drug-likeness (QED) is 0.764. The number of nitrogens with one attached hydrogen (secondary N) is 1. The highest BCUT2D eigenvalue weighted by molar-refractivity contribution is 5.92. The Labute approximate surface area is 145 Å². The largest absolute Gasteiger partial charge is 0.396 e. The molecule has 25 heavy (non-hydrogen) atoms. The predicted molar refractivity (Wildman–Crippen MR) is 93.3 cm³/mol. The number of piperidine rings is 1. The van der Waals surface area contributed by atoms with Crippen LogP contribution < -0.4 is 5.56 Å². The van der Waals surface area contributed by atoms with Crippen LogP contribution >= 0.6 is 0 Å². The van der Waals surface area contributed by atoms with Gasteiger partial charge in [-0.05, 0) is 25.0 Å². The molecule has 7 nitrogen and oxygen atoms in total. The van der Waals surface area contributed by atoms with E-state index in [9.17, 15) is 19.8 Å². The number of amides is 1. The molecule has 1 saturated heterocycles. The molecule has 0 spiro atoms. The number of benzene rings is 1. The predicted octanol–water partition coefficient (Wildman–Crippen LogP) is 0.909. The van der Waals surface area contributed by atoms with E-state index in [4.69, 9.17) is 0 Å². The van der Waals surface area contributed by atoms with Crippen LogP contribution in [0.2, 0.25) is 0 Å². The first-order chi connectivity index (χ1) is 12.0. The number of aromatic amines is 1. The summed E-state index contributed by atoms with van der Waals surface area (Å²) in [7, 11) is 0. The number of hydrogen-bond donors (Lipinski definition) is 3. The van der Waals surface area contributed by atoms with Gasteiger partial charge in [0, 0.05) is 18.5 Å². The Kier molecular flexibility index (Phi) is 4.87. The molecule has 3 N–H and O–H groups in total. The number of carbonyl (C=O) groups excluding carboxylic acids is 1. The van der Waals surface area contributed by atoms with Gasteiger partial charge in [-0.25, -0.2) is 4.98 Å². The third kappa shape index (κ3) is 3.17. The van der Waals surface area contributed by atoms with Crippen molar-refractivity contribution in [2.45, 2.75) is 32.3 Å². The van der Waals surface area contributed by atoms with E-state index >= 15 is 0 Å². The van der Waals surface area contributed by atoms with Gasteiger partial charge in [-0.1, -0.05) is 25.5 Å². The number of hydrogen-bond acceptors (Lipinski definition) is 5. The second kappa shape index (κ2) is 6.93. The van der Waals surface area contributed by atoms with Crippen molar-refractivity contribution in [2.24, 2.45) is 5.41 Å². The molecule has 1 amide bonds. The van der Waals surface area contributed by atoms with Crippen LogP contribution in [0.1, 0.15) is 36.8 Å². The van der Waals surface area contributed by atoms with Gasteiger partial charge < -0.3 is 20.1 Å². The Hall–Kier alpha value is -2.25. The lowest BCUT2D eigenvalue weighted by Crippen LogP contribution is -2.55. The Balaban J connectivity index is 1.91. The number of likely N-dealkylation sites (tertiary alicyclic amines) is 1. The van der Waals surface area contributed by atoms with Crippen molar-refractivity contribution in [3.05, 3.63) is 40.4 Å². The van der Waals surface area contributed by atoms with Crippen molar-refractivity contribution in [1.82, 2.24) is 14.9 Å². The van der Waals surface area contributed by atoms with Crippen molar-refractivity contribution >= 4 is 16.8 Å². The minimum atomic E-state index is -0.722. The number of aromatic nitrogens is 2. The zero-order valence-electron chi connectivity index (χ0n) is 14.2. The molecule has 0 radical (unpaired) electrons. The number of para-hydroxylation sites is 1. The second-order valence-electron chi connectivity index (χ2n) is 6.73. The van der Waals surface area contributed by atoms with Crippen LogP contribution in [0.5, 0.6) is 0 Å². The van der Waals surface area contributed by atoms with Crippen molar-refractivity contribution in [1.29, 1.82) is 0 Å². The molecule has 2 aromatic rings. The van der Waals surface area contributed by atoms with Gasteiger partial charge in [-0.3, -0.25) is 9.59 Å². The smallest absolute Gasteiger partial charge is 0.289 e. The minimum absolute atomic E-state index is 0.0107. The van der Waals surface area contributed by atoms with E-state index in [0.29, 0.717) is 30.3 Å². The van der Waals surface area contributed by atoms with Crippen molar-refractivity contribution in [2.75, 3.05) is 19.7 Å². The Morgan fingerprint density at radius 2 is 2.20 bits per heavy atom. The fourth-order valence-electron chi connectivity index (χ4n) is 3.64. The lowest BCUT2D eigenvalue weighted by atomic mass is 9.74. The maximum Gasteiger partial charge on any atom is 0.289 e. The second-order valence-corrected chi connectivity index (χ2v) is 6.73. The first kappa shape index (κ1) is 17.6. The summed E-state index contributed by atoms with van der Waals surface area (Å²) < 4.78 is 0. The lowest BCUT2D eigenvalue weighted by molar-refractivity contribution is -0.0722. The first-order valence-electron chi connectivity index (χ1n) is 8.58. The summed E-state index contributed by atoms with van der Waals surface area (Å²) >= 11 is 0. The maximum atomic E-state index is 12.8. The van der Waals surface area contributed by atoms with E-state index in [2.05, 4.69) is 9.97 Å². The fourth-order valence-corrected chi connectivity index (χ4v) is 3.64. The molecule has 3 rings (SSSR count). The SMILES string of the molecule is CCC[C@@]1(CO)CN(C(=O)c2nc3ccccc3c(=O)[nH]2)CC[C@H]1O. The van der Waals surface area contributed by atoms with E-state index in [1.54, 1.807) is 29.2 Å². The van der Waals surface area contributed by atoms with Gasteiger partial charge >= 0.3 is 0 Å². The number of carbonyl (C=O) groups is 1. The molecular formula is C18H23N3O4. The molecule has 134 valence electrons. The molecule has 2 heterocycles. The molecule has 1 aliphatic heterocycles. The number of fused-ring (bicyclic) bond motifs is 1. The standard InChI is InChI=1S/C18H23N3O4/c1-2-8-18(11-22)10-21(9-7-14(18)23)17(25)15-19-13-6-4-3-5-12(13)16(24)20-15/h3-6,14,22-23H,2,7-11H2,1H3,(H,19,20,24)/t14-,18+/m1/s1. The Bertz CT molecular complexity index is 834. The summed E-state index contributed by atoms with van der Waals surface area (Å²) in [5, 5.41) is 20.6. The maximum absolute atomic E-state index is 12.8. The van der Waals surface area contributed by atoms with Gasteiger partial charge in [-0.15, -0.1) is 0 Å². The molecular weight excluding hydrogens is 322 g/mol. The van der Waals surface area contributed by atoms with Gasteiger partial charge in [-0.2, -0.15) is 0 Å². The summed E-state index contributed by atoms with van der Waals surface area (Å²) in [5.41, 5.74) is -0.610. The summed E-state index contributed by atoms with van der Waals surface area (Å²) in [6.45, 7) is 2.40. The van der Waals surface area contributed by atoms with E-state index in [0.717, 1.165) is 6.42 Å². The van der Waals surface area contributed by atoms with Crippen molar-refractivity contribution in [3.63, 3.8) is 0 Å². The van der Waals surface area contributed by atoms with Gasteiger partial charge in [0.25, 0.3) is 11.5 Å². The molecule has 7 heteroatoms. The molecule has 0 unspecified atom stereocenters. The minimum Gasteiger partial charge on any atom is -0.396 e. The van der Waals surface area contributed by atoms with Crippen molar-refractivity contribution < 1.29 is 15.0 Å². The van der Waals surface area contributed by atoms with Crippen LogP contribution in [0.25, 0.3) is 10.9 Å². The Morgan fingerprint density at radius 3 is 2.92 bits per heavy atom. The highest BCUT2D eigenvalue weighted by Gasteiger charge is 2.43. The third-order valence-electron chi connectivity index (χ3n) is 5.05. The van der Waals surface area contributed by atoms with Crippen LogP contribution in [0.3, 0.4) is 0 Å².